The van der Waals surface area contributed by atoms with Crippen LogP contribution >= 0.6 is 23.6 Å². The van der Waals surface area contributed by atoms with E-state index in [9.17, 15) is 4.79 Å². The minimum atomic E-state index is -0.185. The van der Waals surface area contributed by atoms with Gasteiger partial charge in [0.25, 0.3) is 5.17 Å². The van der Waals surface area contributed by atoms with Gasteiger partial charge < -0.3 is 24.6 Å². The van der Waals surface area contributed by atoms with Gasteiger partial charge in [-0.25, -0.2) is 0 Å². The Morgan fingerprint density at radius 3 is 2.53 bits per heavy atom. The fourth-order valence-electron chi connectivity index (χ4n) is 3.33. The number of likely N-dealkylation sites (N-methyl/N-ethyl adjacent to an activating group) is 1. The quantitative estimate of drug-likeness (QED) is 0.294. The average Bonchev–Trinajstić information content (AvgIpc) is 3.38. The molecule has 0 bridgehead atoms. The number of nitrogens with zero attached hydrogens (tertiary/aromatic N) is 2. The number of hydrogen-bond donors (Lipinski definition) is 1. The molecule has 3 rings (SSSR count). The van der Waals surface area contributed by atoms with Crippen molar-refractivity contribution in [3.8, 4) is 11.5 Å². The van der Waals surface area contributed by atoms with Crippen LogP contribution in [-0.2, 0) is 10.2 Å². The van der Waals surface area contributed by atoms with E-state index in [1.54, 1.807) is 11.3 Å². The number of carbonyl (C=O) groups excluding carboxylic acids is 1. The van der Waals surface area contributed by atoms with Gasteiger partial charge in [-0.15, -0.1) is 0 Å². The Morgan fingerprint density at radius 1 is 1.09 bits per heavy atom. The molecule has 0 atom stereocenters. The van der Waals surface area contributed by atoms with Crippen molar-refractivity contribution in [2.24, 2.45) is 0 Å². The lowest BCUT2D eigenvalue weighted by Gasteiger charge is -2.25. The van der Waals surface area contributed by atoms with Gasteiger partial charge in [0.2, 0.25) is 6.41 Å². The predicted octanol–water partition coefficient (Wildman–Crippen LogP) is 5.09. The topological polar surface area (TPSA) is 54.0 Å². The Balaban J connectivity index is 1.55. The zero-order chi connectivity index (χ0) is 24.6. The van der Waals surface area contributed by atoms with Crippen LogP contribution < -0.4 is 24.6 Å². The van der Waals surface area contributed by atoms with Crippen LogP contribution in [0.3, 0.4) is 0 Å². The standard InChI is InChI=1S/C26H31N3O3S2/c1-26(2,18-27-19-30)20-8-10-23(11-9-20)32-25(33)29(4)21-6-5-7-24(16-21)31-14-13-28(3)22-12-15-34-17-22/h5-12,15-17,19H,13-14,18H2,1-4H3,(H,27,30). The van der Waals surface area contributed by atoms with Gasteiger partial charge in [0.1, 0.15) is 18.1 Å². The van der Waals surface area contributed by atoms with Gasteiger partial charge in [0, 0.05) is 48.9 Å². The lowest BCUT2D eigenvalue weighted by atomic mass is 9.84. The lowest BCUT2D eigenvalue weighted by molar-refractivity contribution is -0.109. The van der Waals surface area contributed by atoms with Crippen molar-refractivity contribution in [1.82, 2.24) is 5.32 Å². The Bertz CT molecular complexity index is 1070. The summed E-state index contributed by atoms with van der Waals surface area (Å²) in [6.07, 6.45) is 0.719. The molecule has 1 amide bonds. The molecule has 6 nitrogen and oxygen atoms in total. The molecule has 0 radical (unpaired) electrons. The molecular weight excluding hydrogens is 466 g/mol. The second kappa shape index (κ2) is 11.9. The number of carbonyl (C=O) groups is 1. The number of thiocarbonyl (C=S) groups is 1. The van der Waals surface area contributed by atoms with E-state index in [-0.39, 0.29) is 5.41 Å². The molecule has 1 N–H and O–H groups in total. The highest BCUT2D eigenvalue weighted by Gasteiger charge is 2.20. The normalized spacial score (nSPS) is 10.9. The summed E-state index contributed by atoms with van der Waals surface area (Å²) < 4.78 is 11.9. The number of anilines is 2. The van der Waals surface area contributed by atoms with E-state index >= 15 is 0 Å². The van der Waals surface area contributed by atoms with Crippen LogP contribution in [0.4, 0.5) is 11.4 Å². The maximum absolute atomic E-state index is 10.6. The van der Waals surface area contributed by atoms with Gasteiger partial charge in [-0.1, -0.05) is 32.0 Å². The van der Waals surface area contributed by atoms with Crippen LogP contribution in [0.1, 0.15) is 19.4 Å². The summed E-state index contributed by atoms with van der Waals surface area (Å²) in [4.78, 5) is 14.6. The first-order chi connectivity index (χ1) is 16.3. The fraction of sp³-hybridized carbons (Fsp3) is 0.308. The molecule has 0 aliphatic heterocycles. The molecule has 180 valence electrons. The molecule has 8 heteroatoms. The van der Waals surface area contributed by atoms with E-state index in [4.69, 9.17) is 21.7 Å². The van der Waals surface area contributed by atoms with Crippen LogP contribution in [0.5, 0.6) is 11.5 Å². The lowest BCUT2D eigenvalue weighted by Crippen LogP contribution is -2.32. The van der Waals surface area contributed by atoms with E-state index in [1.165, 1.54) is 5.69 Å². The van der Waals surface area contributed by atoms with Crippen molar-refractivity contribution in [1.29, 1.82) is 0 Å². The molecule has 0 fully saturated rings. The van der Waals surface area contributed by atoms with Gasteiger partial charge in [-0.05, 0) is 53.5 Å². The second-order valence-electron chi connectivity index (χ2n) is 8.58. The molecule has 0 saturated heterocycles. The number of nitrogens with one attached hydrogen (secondary N) is 1. The molecule has 1 aromatic heterocycles. The van der Waals surface area contributed by atoms with Gasteiger partial charge in [0.05, 0.1) is 6.54 Å². The Morgan fingerprint density at radius 2 is 1.85 bits per heavy atom. The van der Waals surface area contributed by atoms with E-state index in [2.05, 4.69) is 47.9 Å². The van der Waals surface area contributed by atoms with Crippen molar-refractivity contribution in [2.75, 3.05) is 43.6 Å². The van der Waals surface area contributed by atoms with Crippen molar-refractivity contribution in [2.45, 2.75) is 19.3 Å². The number of amides is 1. The first-order valence-corrected chi connectivity index (χ1v) is 12.3. The number of ether oxygens (including phenoxy) is 2. The summed E-state index contributed by atoms with van der Waals surface area (Å²) >= 11 is 7.21. The predicted molar refractivity (Wildman–Crippen MR) is 145 cm³/mol. The third-order valence-electron chi connectivity index (χ3n) is 5.59. The van der Waals surface area contributed by atoms with Crippen LogP contribution in [0.15, 0.2) is 65.4 Å². The van der Waals surface area contributed by atoms with Gasteiger partial charge >= 0.3 is 0 Å². The molecule has 3 aromatic rings. The zero-order valence-electron chi connectivity index (χ0n) is 20.0. The summed E-state index contributed by atoms with van der Waals surface area (Å²) in [5.41, 5.74) is 2.99. The second-order valence-corrected chi connectivity index (χ2v) is 9.71. The minimum absolute atomic E-state index is 0.185. The van der Waals surface area contributed by atoms with Gasteiger partial charge in [0.15, 0.2) is 0 Å². The summed E-state index contributed by atoms with van der Waals surface area (Å²) in [6, 6.07) is 17.7. The number of benzene rings is 2. The van der Waals surface area contributed by atoms with E-state index in [0.29, 0.717) is 24.1 Å². The molecule has 0 aliphatic rings. The highest BCUT2D eigenvalue weighted by atomic mass is 32.1. The molecular formula is C26H31N3O3S2. The minimum Gasteiger partial charge on any atom is -0.492 e. The smallest absolute Gasteiger partial charge is 0.269 e. The SMILES string of the molecule is CN(CCOc1cccc(N(C)C(=S)Oc2ccc(C(C)(C)CNC=O)cc2)c1)c1ccsc1. The van der Waals surface area contributed by atoms with Crippen molar-refractivity contribution in [3.63, 3.8) is 0 Å². The highest BCUT2D eigenvalue weighted by Crippen LogP contribution is 2.26. The molecule has 1 heterocycles. The van der Waals surface area contributed by atoms with E-state index in [0.717, 1.165) is 30.0 Å². The number of thiophene rings is 1. The molecule has 0 spiro atoms. The summed E-state index contributed by atoms with van der Waals surface area (Å²) in [6.45, 7) is 6.07. The van der Waals surface area contributed by atoms with Crippen molar-refractivity contribution < 1.29 is 14.3 Å². The first-order valence-electron chi connectivity index (χ1n) is 11.0. The highest BCUT2D eigenvalue weighted by molar-refractivity contribution is 7.80. The van der Waals surface area contributed by atoms with Crippen LogP contribution in [0, 0.1) is 0 Å². The van der Waals surface area contributed by atoms with Gasteiger partial charge in [-0.3, -0.25) is 4.79 Å². The molecule has 0 unspecified atom stereocenters. The molecule has 2 aromatic carbocycles. The fourth-order valence-corrected chi connectivity index (χ4v) is 4.23. The van der Waals surface area contributed by atoms with Crippen LogP contribution in [-0.4, -0.2) is 45.4 Å². The van der Waals surface area contributed by atoms with Gasteiger partial charge in [-0.2, -0.15) is 11.3 Å². The molecule has 0 aliphatic carbocycles. The largest absolute Gasteiger partial charge is 0.492 e. The zero-order valence-corrected chi connectivity index (χ0v) is 21.6. The number of hydrogen-bond acceptors (Lipinski definition) is 6. The summed E-state index contributed by atoms with van der Waals surface area (Å²) in [5.74, 6) is 1.44. The maximum atomic E-state index is 10.6. The third kappa shape index (κ3) is 6.95. The Hall–Kier alpha value is -3.10. The summed E-state index contributed by atoms with van der Waals surface area (Å²) in [5, 5.41) is 7.27. The van der Waals surface area contributed by atoms with E-state index in [1.807, 2.05) is 60.5 Å². The van der Waals surface area contributed by atoms with Crippen molar-refractivity contribution in [3.05, 3.63) is 70.9 Å². The summed E-state index contributed by atoms with van der Waals surface area (Å²) in [7, 11) is 3.93. The number of rotatable bonds is 11. The molecule has 34 heavy (non-hydrogen) atoms. The first kappa shape index (κ1) is 25.5. The van der Waals surface area contributed by atoms with Crippen LogP contribution in [0.25, 0.3) is 0 Å². The van der Waals surface area contributed by atoms with E-state index < -0.39 is 0 Å². The maximum Gasteiger partial charge on any atom is 0.269 e. The Kier molecular flexibility index (Phi) is 8.90. The Labute approximate surface area is 211 Å². The third-order valence-corrected chi connectivity index (χ3v) is 6.62. The average molecular weight is 498 g/mol. The van der Waals surface area contributed by atoms with Crippen LogP contribution in [0.2, 0.25) is 0 Å². The monoisotopic (exact) mass is 497 g/mol. The van der Waals surface area contributed by atoms with Crippen molar-refractivity contribution >= 4 is 46.5 Å². The molecule has 0 saturated carbocycles.